The molecule has 1 heterocycles. The summed E-state index contributed by atoms with van der Waals surface area (Å²) in [6, 6.07) is 0.226. The molecule has 4 heteroatoms. The van der Waals surface area contributed by atoms with Crippen molar-refractivity contribution in [3.05, 3.63) is 23.8 Å². The van der Waals surface area contributed by atoms with Gasteiger partial charge in [0.05, 0.1) is 5.75 Å². The highest BCUT2D eigenvalue weighted by Crippen LogP contribution is 2.09. The van der Waals surface area contributed by atoms with E-state index in [9.17, 15) is 0 Å². The normalized spacial score (nSPS) is 12.7. The summed E-state index contributed by atoms with van der Waals surface area (Å²) in [4.78, 5) is 8.70. The van der Waals surface area contributed by atoms with Gasteiger partial charge in [-0.3, -0.25) is 0 Å². The summed E-state index contributed by atoms with van der Waals surface area (Å²) in [7, 11) is 0. The van der Waals surface area contributed by atoms with Crippen molar-refractivity contribution >= 4 is 11.8 Å². The van der Waals surface area contributed by atoms with Crippen molar-refractivity contribution in [2.45, 2.75) is 44.9 Å². The molecule has 1 rings (SSSR count). The van der Waals surface area contributed by atoms with Crippen LogP contribution in [0.2, 0.25) is 0 Å². The molecule has 0 bridgehead atoms. The predicted octanol–water partition coefficient (Wildman–Crippen LogP) is 2.40. The van der Waals surface area contributed by atoms with Crippen molar-refractivity contribution in [3.63, 3.8) is 0 Å². The molecule has 1 aromatic heterocycles. The second kappa shape index (κ2) is 7.63. The first-order valence-electron chi connectivity index (χ1n) is 5.89. The molecule has 0 fully saturated rings. The van der Waals surface area contributed by atoms with E-state index < -0.39 is 0 Å². The zero-order chi connectivity index (χ0) is 11.8. The number of hydrogen-bond acceptors (Lipinski definition) is 4. The lowest BCUT2D eigenvalue weighted by molar-refractivity contribution is 0.642. The summed E-state index contributed by atoms with van der Waals surface area (Å²) in [6.07, 6.45) is 6.88. The Bertz CT molecular complexity index is 287. The SMILES string of the molecule is CCCSCc1ncc(CC(N)CC)cn1. The van der Waals surface area contributed by atoms with Crippen LogP contribution in [0.4, 0.5) is 0 Å². The molecule has 16 heavy (non-hydrogen) atoms. The number of nitrogens with zero attached hydrogens (tertiary/aromatic N) is 2. The second-order valence-corrected chi connectivity index (χ2v) is 5.04. The minimum atomic E-state index is 0.226. The van der Waals surface area contributed by atoms with Crippen molar-refractivity contribution in [1.29, 1.82) is 0 Å². The average Bonchev–Trinajstić information content (AvgIpc) is 2.31. The fourth-order valence-electron chi connectivity index (χ4n) is 1.32. The Labute approximate surface area is 102 Å². The molecule has 3 nitrogen and oxygen atoms in total. The van der Waals surface area contributed by atoms with Crippen molar-refractivity contribution in [2.24, 2.45) is 5.73 Å². The Morgan fingerprint density at radius 2 is 2.00 bits per heavy atom. The van der Waals surface area contributed by atoms with Gasteiger partial charge in [0.1, 0.15) is 5.82 Å². The Morgan fingerprint density at radius 3 is 2.56 bits per heavy atom. The van der Waals surface area contributed by atoms with Gasteiger partial charge >= 0.3 is 0 Å². The standard InChI is InChI=1S/C12H21N3S/c1-3-5-16-9-12-14-7-10(8-15-12)6-11(13)4-2/h7-8,11H,3-6,9,13H2,1-2H3. The summed E-state index contributed by atoms with van der Waals surface area (Å²) in [5, 5.41) is 0. The third-order valence-corrected chi connectivity index (χ3v) is 3.52. The summed E-state index contributed by atoms with van der Waals surface area (Å²) in [6.45, 7) is 4.28. The van der Waals surface area contributed by atoms with E-state index in [2.05, 4.69) is 23.8 Å². The maximum atomic E-state index is 5.88. The van der Waals surface area contributed by atoms with Crippen LogP contribution in [0.25, 0.3) is 0 Å². The molecular weight excluding hydrogens is 218 g/mol. The van der Waals surface area contributed by atoms with Crippen LogP contribution in [0, 0.1) is 0 Å². The Kier molecular flexibility index (Phi) is 6.42. The van der Waals surface area contributed by atoms with Crippen LogP contribution in [0.5, 0.6) is 0 Å². The molecule has 1 aromatic rings. The lowest BCUT2D eigenvalue weighted by Crippen LogP contribution is -2.21. The van der Waals surface area contributed by atoms with E-state index in [-0.39, 0.29) is 6.04 Å². The van der Waals surface area contributed by atoms with Gasteiger partial charge in [0.2, 0.25) is 0 Å². The molecule has 0 aliphatic carbocycles. The van der Waals surface area contributed by atoms with Gasteiger partial charge in [-0.05, 0) is 30.6 Å². The molecule has 0 amide bonds. The zero-order valence-corrected chi connectivity index (χ0v) is 11.0. The number of hydrogen-bond donors (Lipinski definition) is 1. The van der Waals surface area contributed by atoms with Crippen molar-refractivity contribution in [1.82, 2.24) is 9.97 Å². The summed E-state index contributed by atoms with van der Waals surface area (Å²) in [5.41, 5.74) is 7.02. The topological polar surface area (TPSA) is 51.8 Å². The molecule has 0 aliphatic rings. The lowest BCUT2D eigenvalue weighted by Gasteiger charge is -2.08. The minimum absolute atomic E-state index is 0.226. The highest BCUT2D eigenvalue weighted by molar-refractivity contribution is 7.98. The molecule has 0 aromatic carbocycles. The van der Waals surface area contributed by atoms with E-state index in [0.29, 0.717) is 0 Å². The fraction of sp³-hybridized carbons (Fsp3) is 0.667. The average molecular weight is 239 g/mol. The number of thioether (sulfide) groups is 1. The molecule has 90 valence electrons. The van der Waals surface area contributed by atoms with Crippen LogP contribution >= 0.6 is 11.8 Å². The maximum Gasteiger partial charge on any atom is 0.138 e. The quantitative estimate of drug-likeness (QED) is 0.742. The van der Waals surface area contributed by atoms with Crippen molar-refractivity contribution < 1.29 is 0 Å². The first-order chi connectivity index (χ1) is 7.76. The summed E-state index contributed by atoms with van der Waals surface area (Å²) < 4.78 is 0. The van der Waals surface area contributed by atoms with Crippen LogP contribution in [0.1, 0.15) is 38.1 Å². The van der Waals surface area contributed by atoms with E-state index in [4.69, 9.17) is 5.73 Å². The molecule has 0 saturated carbocycles. The molecule has 0 saturated heterocycles. The molecule has 0 aliphatic heterocycles. The number of aromatic nitrogens is 2. The van der Waals surface area contributed by atoms with Crippen LogP contribution in [-0.4, -0.2) is 21.8 Å². The first-order valence-corrected chi connectivity index (χ1v) is 7.04. The number of nitrogens with two attached hydrogens (primary N) is 1. The molecule has 1 unspecified atom stereocenters. The third kappa shape index (κ3) is 4.94. The summed E-state index contributed by atoms with van der Waals surface area (Å²) in [5.74, 6) is 3.01. The molecule has 2 N–H and O–H groups in total. The maximum absolute atomic E-state index is 5.88. The minimum Gasteiger partial charge on any atom is -0.327 e. The van der Waals surface area contributed by atoms with Gasteiger partial charge in [-0.1, -0.05) is 13.8 Å². The van der Waals surface area contributed by atoms with Gasteiger partial charge in [-0.15, -0.1) is 0 Å². The van der Waals surface area contributed by atoms with E-state index in [1.54, 1.807) is 0 Å². The van der Waals surface area contributed by atoms with Crippen LogP contribution < -0.4 is 5.73 Å². The predicted molar refractivity (Wildman–Crippen MR) is 70.5 cm³/mol. The van der Waals surface area contributed by atoms with Gasteiger partial charge in [0.25, 0.3) is 0 Å². The van der Waals surface area contributed by atoms with Gasteiger partial charge in [-0.2, -0.15) is 11.8 Å². The highest BCUT2D eigenvalue weighted by atomic mass is 32.2. The van der Waals surface area contributed by atoms with Gasteiger partial charge in [0, 0.05) is 18.4 Å². The van der Waals surface area contributed by atoms with Gasteiger partial charge < -0.3 is 5.73 Å². The Morgan fingerprint density at radius 1 is 1.31 bits per heavy atom. The van der Waals surface area contributed by atoms with Crippen LogP contribution in [0.15, 0.2) is 12.4 Å². The van der Waals surface area contributed by atoms with Crippen LogP contribution in [-0.2, 0) is 12.2 Å². The second-order valence-electron chi connectivity index (χ2n) is 3.93. The molecule has 0 spiro atoms. The highest BCUT2D eigenvalue weighted by Gasteiger charge is 2.03. The fourth-order valence-corrected chi connectivity index (χ4v) is 2.08. The molecular formula is C12H21N3S. The zero-order valence-electron chi connectivity index (χ0n) is 10.1. The largest absolute Gasteiger partial charge is 0.327 e. The number of rotatable bonds is 7. The van der Waals surface area contributed by atoms with Crippen molar-refractivity contribution in [2.75, 3.05) is 5.75 Å². The molecule has 1 atom stereocenters. The first kappa shape index (κ1) is 13.5. The lowest BCUT2D eigenvalue weighted by atomic mass is 10.1. The third-order valence-electron chi connectivity index (χ3n) is 2.36. The summed E-state index contributed by atoms with van der Waals surface area (Å²) >= 11 is 1.88. The molecule has 0 radical (unpaired) electrons. The monoisotopic (exact) mass is 239 g/mol. The Balaban J connectivity index is 2.41. The van der Waals surface area contributed by atoms with E-state index in [1.165, 1.54) is 12.2 Å². The smallest absolute Gasteiger partial charge is 0.138 e. The van der Waals surface area contributed by atoms with E-state index in [1.807, 2.05) is 24.2 Å². The van der Waals surface area contributed by atoms with Gasteiger partial charge in [0.15, 0.2) is 0 Å². The van der Waals surface area contributed by atoms with Gasteiger partial charge in [-0.25, -0.2) is 9.97 Å². The Hall–Kier alpha value is -0.610. The van der Waals surface area contributed by atoms with E-state index in [0.717, 1.165) is 30.0 Å². The van der Waals surface area contributed by atoms with Crippen molar-refractivity contribution in [3.8, 4) is 0 Å². The van der Waals surface area contributed by atoms with Crippen LogP contribution in [0.3, 0.4) is 0 Å². The van der Waals surface area contributed by atoms with E-state index >= 15 is 0 Å².